The fourth-order valence-corrected chi connectivity index (χ4v) is 14.2. The molecule has 0 amide bonds. The Bertz CT molecular complexity index is 4700. The number of nitrogens with zero attached hydrogens (tertiary/aromatic N) is 2. The van der Waals surface area contributed by atoms with Gasteiger partial charge in [0.25, 0.3) is 0 Å². The van der Waals surface area contributed by atoms with Crippen molar-refractivity contribution < 1.29 is 4.42 Å². The maximum Gasteiger partial charge on any atom is 0.137 e. The minimum absolute atomic E-state index is 0.157. The van der Waals surface area contributed by atoms with Gasteiger partial charge in [-0.25, -0.2) is 0 Å². The summed E-state index contributed by atoms with van der Waals surface area (Å²) in [5, 5.41) is 7.19. The molecule has 73 heavy (non-hydrogen) atoms. The fourth-order valence-electron chi connectivity index (χ4n) is 14.2. The zero-order valence-corrected chi connectivity index (χ0v) is 40.2. The van der Waals surface area contributed by atoms with Gasteiger partial charge in [0.1, 0.15) is 11.2 Å². The molecule has 340 valence electrons. The van der Waals surface area contributed by atoms with Crippen molar-refractivity contribution in [2.45, 2.75) is 24.7 Å². The van der Waals surface area contributed by atoms with Crippen LogP contribution in [0.3, 0.4) is 0 Å². The molecule has 3 aliphatic rings. The monoisotopic (exact) mass is 928 g/mol. The Labute approximate surface area is 421 Å². The summed E-state index contributed by atoms with van der Waals surface area (Å²) in [6.45, 7) is 4.79. The lowest BCUT2D eigenvalue weighted by molar-refractivity contribution is 0.661. The predicted octanol–water partition coefficient (Wildman–Crippen LogP) is 18.1. The summed E-state index contributed by atoms with van der Waals surface area (Å²) in [5.74, 6) is 0. The van der Waals surface area contributed by atoms with E-state index in [1.165, 1.54) is 122 Å². The van der Waals surface area contributed by atoms with Crippen LogP contribution in [0, 0.1) is 0 Å². The van der Waals surface area contributed by atoms with E-state index in [1.807, 2.05) is 6.07 Å². The molecule has 3 nitrogen and oxygen atoms in total. The molecule has 3 aliphatic carbocycles. The summed E-state index contributed by atoms with van der Waals surface area (Å²) >= 11 is 0. The molecule has 0 bridgehead atoms. The fraction of sp³-hybridized carbons (Fsp3) is 0.0571. The number of furan rings is 1. The third kappa shape index (κ3) is 4.94. The second-order valence-corrected chi connectivity index (χ2v) is 21.1. The van der Waals surface area contributed by atoms with Crippen LogP contribution in [0.5, 0.6) is 0 Å². The highest BCUT2D eigenvalue weighted by atomic mass is 16.3. The lowest BCUT2D eigenvalue weighted by Gasteiger charge is -2.30. The molecule has 11 aromatic carbocycles. The number of fused-ring (bicyclic) bond motifs is 22. The van der Waals surface area contributed by atoms with E-state index in [2.05, 4.69) is 247 Å². The molecule has 0 radical (unpaired) electrons. The normalized spacial score (nSPS) is 14.4. The first-order valence-corrected chi connectivity index (χ1v) is 25.6. The van der Waals surface area contributed by atoms with E-state index < -0.39 is 5.41 Å². The molecule has 17 rings (SSSR count). The lowest BCUT2D eigenvalue weighted by Crippen LogP contribution is -2.26. The van der Waals surface area contributed by atoms with Crippen LogP contribution in [0.1, 0.15) is 47.2 Å². The second-order valence-electron chi connectivity index (χ2n) is 21.1. The first-order valence-electron chi connectivity index (χ1n) is 25.6. The van der Waals surface area contributed by atoms with Crippen LogP contribution >= 0.6 is 0 Å². The third-order valence-corrected chi connectivity index (χ3v) is 17.3. The highest BCUT2D eigenvalue weighted by molar-refractivity contribution is 6.18. The first-order chi connectivity index (χ1) is 35.9. The quantitative estimate of drug-likeness (QED) is 0.173. The van der Waals surface area contributed by atoms with E-state index in [0.29, 0.717) is 0 Å². The zero-order valence-electron chi connectivity index (χ0n) is 40.2. The average Bonchev–Trinajstić information content (AvgIpc) is 4.25. The summed E-state index contributed by atoms with van der Waals surface area (Å²) in [6, 6.07) is 86.6. The van der Waals surface area contributed by atoms with Crippen molar-refractivity contribution in [2.24, 2.45) is 0 Å². The van der Waals surface area contributed by atoms with Gasteiger partial charge >= 0.3 is 0 Å². The van der Waals surface area contributed by atoms with Crippen LogP contribution in [0.4, 0.5) is 0 Å². The van der Waals surface area contributed by atoms with Gasteiger partial charge in [-0.2, -0.15) is 0 Å². The molecule has 0 N–H and O–H groups in total. The highest BCUT2D eigenvalue weighted by Gasteiger charge is 2.51. The highest BCUT2D eigenvalue weighted by Crippen LogP contribution is 2.63. The summed E-state index contributed by atoms with van der Waals surface area (Å²) in [7, 11) is 0. The minimum atomic E-state index is -0.440. The lowest BCUT2D eigenvalue weighted by atomic mass is 9.70. The van der Waals surface area contributed by atoms with E-state index in [0.717, 1.165) is 33.1 Å². The van der Waals surface area contributed by atoms with Gasteiger partial charge < -0.3 is 13.6 Å². The summed E-state index contributed by atoms with van der Waals surface area (Å²) in [4.78, 5) is 0. The van der Waals surface area contributed by atoms with Gasteiger partial charge in [-0.15, -0.1) is 0 Å². The van der Waals surface area contributed by atoms with Crippen molar-refractivity contribution in [1.29, 1.82) is 0 Å². The number of aromatic nitrogens is 2. The van der Waals surface area contributed by atoms with Gasteiger partial charge in [0.05, 0.1) is 27.5 Å². The molecule has 1 spiro atoms. The third-order valence-electron chi connectivity index (χ3n) is 17.3. The Balaban J connectivity index is 0.921. The second kappa shape index (κ2) is 13.8. The number of para-hydroxylation sites is 2. The first kappa shape index (κ1) is 39.5. The maximum absolute atomic E-state index is 6.48. The SMILES string of the molecule is CC1(C)c2ccccc2-c2cc3c4cc(-c5ccc6c(c5)c5cc7c(cc5n6-c5ccccc5)oc5ccccc57)ccc4n(-c4ccc5c(c4)C4(c6ccccc6-c6ccccc64)c4ccccc4-5)c3cc21. The maximum atomic E-state index is 6.48. The zero-order chi connectivity index (χ0) is 47.9. The summed E-state index contributed by atoms with van der Waals surface area (Å²) in [6.07, 6.45) is 0. The van der Waals surface area contributed by atoms with E-state index in [1.54, 1.807) is 0 Å². The molecular weight excluding hydrogens is 885 g/mol. The molecule has 0 fully saturated rings. The van der Waals surface area contributed by atoms with Gasteiger partial charge in [0.15, 0.2) is 0 Å². The van der Waals surface area contributed by atoms with Crippen molar-refractivity contribution in [3.8, 4) is 55.9 Å². The number of hydrogen-bond donors (Lipinski definition) is 0. The van der Waals surface area contributed by atoms with Crippen molar-refractivity contribution in [2.75, 3.05) is 0 Å². The molecule has 0 atom stereocenters. The van der Waals surface area contributed by atoms with Gasteiger partial charge in [-0.3, -0.25) is 0 Å². The van der Waals surface area contributed by atoms with Crippen LogP contribution < -0.4 is 0 Å². The predicted molar refractivity (Wildman–Crippen MR) is 302 cm³/mol. The van der Waals surface area contributed by atoms with Gasteiger partial charge in [-0.1, -0.05) is 166 Å². The van der Waals surface area contributed by atoms with Gasteiger partial charge in [-0.05, 0) is 151 Å². The minimum Gasteiger partial charge on any atom is -0.456 e. The van der Waals surface area contributed by atoms with Crippen LogP contribution in [-0.2, 0) is 10.8 Å². The standard InChI is InChI=1S/C70H44N2O/c1-69(2)57-23-11-6-21-48(57)51-37-54-52-34-42(41-28-32-63-53(35-41)55-38-56-50-22-10-15-27-67(50)73-68(56)40-66(55)71(63)43-16-4-3-5-17-43)29-33-64(52)72(65(54)39-61(51)69)44-30-31-49-47-20-9-14-26-60(47)70(62(49)36-44)58-24-12-7-18-45(58)46-19-8-13-25-59(46)70/h3-40H,1-2H3. The van der Waals surface area contributed by atoms with Crippen LogP contribution in [-0.4, -0.2) is 9.13 Å². The molecule has 0 unspecified atom stereocenters. The molecule has 0 aliphatic heterocycles. The van der Waals surface area contributed by atoms with Crippen molar-refractivity contribution in [3.63, 3.8) is 0 Å². The van der Waals surface area contributed by atoms with Crippen molar-refractivity contribution in [1.82, 2.24) is 9.13 Å². The Morgan fingerprint density at radius 1 is 0.288 bits per heavy atom. The number of hydrogen-bond acceptors (Lipinski definition) is 1. The Kier molecular flexibility index (Phi) is 7.48. The average molecular weight is 929 g/mol. The van der Waals surface area contributed by atoms with E-state index in [4.69, 9.17) is 4.42 Å². The molecule has 0 saturated heterocycles. The van der Waals surface area contributed by atoms with E-state index in [9.17, 15) is 0 Å². The molecular formula is C70H44N2O. The van der Waals surface area contributed by atoms with Crippen LogP contribution in [0.25, 0.3) is 121 Å². The molecule has 3 aromatic heterocycles. The number of rotatable bonds is 3. The molecule has 3 heterocycles. The largest absolute Gasteiger partial charge is 0.456 e. The molecule has 3 heteroatoms. The van der Waals surface area contributed by atoms with Crippen molar-refractivity contribution >= 4 is 65.6 Å². The molecule has 14 aromatic rings. The number of benzene rings is 11. The topological polar surface area (TPSA) is 23.0 Å². The van der Waals surface area contributed by atoms with E-state index >= 15 is 0 Å². The Hall–Kier alpha value is -9.18. The Morgan fingerprint density at radius 3 is 1.45 bits per heavy atom. The van der Waals surface area contributed by atoms with Gasteiger partial charge in [0.2, 0.25) is 0 Å². The Morgan fingerprint density at radius 2 is 0.795 bits per heavy atom. The summed E-state index contributed by atoms with van der Waals surface area (Å²) in [5.41, 5.74) is 26.7. The van der Waals surface area contributed by atoms with Gasteiger partial charge in [0, 0.05) is 55.2 Å². The van der Waals surface area contributed by atoms with E-state index in [-0.39, 0.29) is 5.41 Å². The van der Waals surface area contributed by atoms with Crippen LogP contribution in [0.15, 0.2) is 235 Å². The smallest absolute Gasteiger partial charge is 0.137 e. The summed E-state index contributed by atoms with van der Waals surface area (Å²) < 4.78 is 11.4. The van der Waals surface area contributed by atoms with Crippen molar-refractivity contribution in [3.05, 3.63) is 264 Å². The van der Waals surface area contributed by atoms with Crippen LogP contribution in [0.2, 0.25) is 0 Å². The molecule has 0 saturated carbocycles.